The molecule has 1 aliphatic rings. The maximum absolute atomic E-state index is 11.8. The van der Waals surface area contributed by atoms with Gasteiger partial charge in [0, 0.05) is 11.6 Å². The lowest BCUT2D eigenvalue weighted by Gasteiger charge is -2.15. The van der Waals surface area contributed by atoms with Crippen molar-refractivity contribution in [1.29, 1.82) is 0 Å². The van der Waals surface area contributed by atoms with Crippen molar-refractivity contribution in [3.63, 3.8) is 0 Å². The van der Waals surface area contributed by atoms with Gasteiger partial charge in [-0.3, -0.25) is 19.9 Å². The fraction of sp³-hybridized carbons (Fsp3) is 0.0909. The van der Waals surface area contributed by atoms with Crippen LogP contribution in [0, 0.1) is 0 Å². The Hall–Kier alpha value is -3.45. The number of nitrogens with one attached hydrogen (secondary N) is 2. The number of hydrogen-bond donors (Lipinski definition) is 2. The molecule has 1 fully saturated rings. The van der Waals surface area contributed by atoms with E-state index in [1.807, 2.05) is 42.5 Å². The molecule has 0 aliphatic carbocycles. The van der Waals surface area contributed by atoms with Gasteiger partial charge in [0.05, 0.1) is 23.0 Å². The molecule has 2 heterocycles. The standard InChI is InChI=1S/C22H18N4O2S/c1-14(16-7-3-2-4-8-16)24-20-13-23-12-18(25-20)17-9-5-6-15(10-17)11-19-21(27)26-22(28)29-19/h2-14H,1H3,(H,24,25)(H,26,27,28)/b19-11+/t14-/m0/s1. The Kier molecular flexibility index (Phi) is 5.39. The highest BCUT2D eigenvalue weighted by Crippen LogP contribution is 2.27. The SMILES string of the molecule is C[C@H](Nc1cncc(-c2cccc(/C=C3/SC(=O)NC3=O)c2)n1)c1ccccc1. The van der Waals surface area contributed by atoms with E-state index in [0.717, 1.165) is 34.1 Å². The highest BCUT2D eigenvalue weighted by atomic mass is 32.2. The summed E-state index contributed by atoms with van der Waals surface area (Å²) >= 11 is 0.901. The zero-order valence-electron chi connectivity index (χ0n) is 15.6. The molecule has 29 heavy (non-hydrogen) atoms. The van der Waals surface area contributed by atoms with Crippen molar-refractivity contribution in [1.82, 2.24) is 15.3 Å². The first-order valence-electron chi connectivity index (χ1n) is 9.07. The molecule has 7 heteroatoms. The average molecular weight is 402 g/mol. The maximum Gasteiger partial charge on any atom is 0.290 e. The Morgan fingerprint density at radius 2 is 1.90 bits per heavy atom. The van der Waals surface area contributed by atoms with Crippen molar-refractivity contribution in [3.05, 3.63) is 83.0 Å². The molecule has 1 saturated heterocycles. The van der Waals surface area contributed by atoms with Gasteiger partial charge in [0.25, 0.3) is 11.1 Å². The van der Waals surface area contributed by atoms with Crippen molar-refractivity contribution < 1.29 is 9.59 Å². The van der Waals surface area contributed by atoms with E-state index in [2.05, 4.69) is 39.7 Å². The number of benzene rings is 2. The lowest BCUT2D eigenvalue weighted by atomic mass is 10.1. The second-order valence-electron chi connectivity index (χ2n) is 6.54. The Bertz CT molecular complexity index is 1100. The van der Waals surface area contributed by atoms with Gasteiger partial charge in [-0.15, -0.1) is 0 Å². The van der Waals surface area contributed by atoms with Crippen LogP contribution in [0.3, 0.4) is 0 Å². The van der Waals surface area contributed by atoms with Gasteiger partial charge in [-0.2, -0.15) is 0 Å². The number of nitrogens with zero attached hydrogens (tertiary/aromatic N) is 2. The molecule has 2 aromatic carbocycles. The van der Waals surface area contributed by atoms with Gasteiger partial charge < -0.3 is 5.32 Å². The number of carbonyl (C=O) groups is 2. The van der Waals surface area contributed by atoms with Gasteiger partial charge >= 0.3 is 0 Å². The van der Waals surface area contributed by atoms with Gasteiger partial charge in [-0.1, -0.05) is 48.5 Å². The molecule has 0 bridgehead atoms. The third kappa shape index (κ3) is 4.52. The summed E-state index contributed by atoms with van der Waals surface area (Å²) in [6.07, 6.45) is 5.09. The van der Waals surface area contributed by atoms with Crippen molar-refractivity contribution in [2.75, 3.05) is 5.32 Å². The molecular formula is C22H18N4O2S. The van der Waals surface area contributed by atoms with Gasteiger partial charge in [0.2, 0.25) is 0 Å². The van der Waals surface area contributed by atoms with E-state index in [4.69, 9.17) is 0 Å². The van der Waals surface area contributed by atoms with Crippen molar-refractivity contribution in [2.45, 2.75) is 13.0 Å². The summed E-state index contributed by atoms with van der Waals surface area (Å²) in [5.74, 6) is 0.310. The third-order valence-electron chi connectivity index (χ3n) is 4.42. The number of rotatable bonds is 5. The minimum absolute atomic E-state index is 0.0901. The highest BCUT2D eigenvalue weighted by Gasteiger charge is 2.24. The van der Waals surface area contributed by atoms with Crippen LogP contribution in [-0.2, 0) is 4.79 Å². The molecule has 1 atom stereocenters. The van der Waals surface area contributed by atoms with Crippen LogP contribution >= 0.6 is 11.8 Å². The fourth-order valence-corrected chi connectivity index (χ4v) is 3.66. The van der Waals surface area contributed by atoms with Gasteiger partial charge in [-0.25, -0.2) is 4.98 Å². The van der Waals surface area contributed by atoms with Crippen LogP contribution < -0.4 is 10.6 Å². The predicted molar refractivity (Wildman–Crippen MR) is 115 cm³/mol. The summed E-state index contributed by atoms with van der Waals surface area (Å²) in [5.41, 5.74) is 3.57. The van der Waals surface area contributed by atoms with Crippen molar-refractivity contribution >= 4 is 34.8 Å². The Morgan fingerprint density at radius 3 is 2.66 bits per heavy atom. The second-order valence-corrected chi connectivity index (χ2v) is 7.56. The highest BCUT2D eigenvalue weighted by molar-refractivity contribution is 8.18. The predicted octanol–water partition coefficient (Wildman–Crippen LogP) is 4.64. The van der Waals surface area contributed by atoms with Crippen LogP contribution in [-0.4, -0.2) is 21.1 Å². The van der Waals surface area contributed by atoms with Crippen LogP contribution in [0.5, 0.6) is 0 Å². The largest absolute Gasteiger partial charge is 0.362 e. The number of hydrogen-bond acceptors (Lipinski definition) is 6. The molecule has 144 valence electrons. The van der Waals surface area contributed by atoms with E-state index in [0.29, 0.717) is 10.7 Å². The number of imide groups is 1. The fourth-order valence-electron chi connectivity index (χ4n) is 2.98. The van der Waals surface area contributed by atoms with Crippen LogP contribution in [0.25, 0.3) is 17.3 Å². The molecule has 0 unspecified atom stereocenters. The number of aromatic nitrogens is 2. The van der Waals surface area contributed by atoms with Gasteiger partial charge in [0.1, 0.15) is 5.82 Å². The Balaban J connectivity index is 1.56. The van der Waals surface area contributed by atoms with E-state index < -0.39 is 0 Å². The summed E-state index contributed by atoms with van der Waals surface area (Å²) in [6, 6.07) is 17.8. The molecule has 2 N–H and O–H groups in total. The molecule has 3 aromatic rings. The minimum atomic E-state index is -0.369. The first-order valence-corrected chi connectivity index (χ1v) is 9.89. The van der Waals surface area contributed by atoms with Crippen LogP contribution in [0.4, 0.5) is 10.6 Å². The summed E-state index contributed by atoms with van der Waals surface area (Å²) in [7, 11) is 0. The van der Waals surface area contributed by atoms with Crippen LogP contribution in [0.1, 0.15) is 24.1 Å². The van der Waals surface area contributed by atoms with Crippen molar-refractivity contribution in [3.8, 4) is 11.3 Å². The van der Waals surface area contributed by atoms with Crippen molar-refractivity contribution in [2.24, 2.45) is 0 Å². The molecule has 2 amide bonds. The minimum Gasteiger partial charge on any atom is -0.362 e. The van der Waals surface area contributed by atoms with E-state index in [1.165, 1.54) is 0 Å². The molecule has 0 saturated carbocycles. The van der Waals surface area contributed by atoms with E-state index in [9.17, 15) is 9.59 Å². The van der Waals surface area contributed by atoms with Crippen LogP contribution in [0.15, 0.2) is 71.9 Å². The molecule has 0 radical (unpaired) electrons. The van der Waals surface area contributed by atoms with Crippen LogP contribution in [0.2, 0.25) is 0 Å². The summed E-state index contributed by atoms with van der Waals surface area (Å²) < 4.78 is 0. The molecule has 0 spiro atoms. The Morgan fingerprint density at radius 1 is 1.07 bits per heavy atom. The topological polar surface area (TPSA) is 84.0 Å². The molecule has 1 aliphatic heterocycles. The third-order valence-corrected chi connectivity index (χ3v) is 5.23. The number of anilines is 1. The number of thioether (sulfide) groups is 1. The quantitative estimate of drug-likeness (QED) is 0.605. The first-order chi connectivity index (χ1) is 14.1. The van der Waals surface area contributed by atoms with E-state index in [-0.39, 0.29) is 17.2 Å². The molecular weight excluding hydrogens is 384 g/mol. The monoisotopic (exact) mass is 402 g/mol. The lowest BCUT2D eigenvalue weighted by molar-refractivity contribution is -0.115. The second kappa shape index (κ2) is 8.28. The zero-order chi connectivity index (χ0) is 20.2. The lowest BCUT2D eigenvalue weighted by Crippen LogP contribution is -2.17. The van der Waals surface area contributed by atoms with Gasteiger partial charge in [-0.05, 0) is 42.0 Å². The van der Waals surface area contributed by atoms with E-state index >= 15 is 0 Å². The van der Waals surface area contributed by atoms with E-state index in [1.54, 1.807) is 18.5 Å². The van der Waals surface area contributed by atoms with Gasteiger partial charge in [0.15, 0.2) is 0 Å². The Labute approximate surface area is 172 Å². The molecule has 6 nitrogen and oxygen atoms in total. The smallest absolute Gasteiger partial charge is 0.290 e. The number of amides is 2. The first kappa shape index (κ1) is 18.9. The number of carbonyl (C=O) groups excluding carboxylic acids is 2. The zero-order valence-corrected chi connectivity index (χ0v) is 16.4. The summed E-state index contributed by atoms with van der Waals surface area (Å²) in [4.78, 5) is 32.5. The maximum atomic E-state index is 11.8. The summed E-state index contributed by atoms with van der Waals surface area (Å²) in [6.45, 7) is 2.07. The molecule has 4 rings (SSSR count). The average Bonchev–Trinajstić information content (AvgIpc) is 3.05. The summed E-state index contributed by atoms with van der Waals surface area (Å²) in [5, 5.41) is 5.28. The molecule has 1 aromatic heterocycles. The normalized spacial score (nSPS) is 16.0.